The molecule has 0 fully saturated rings. The van der Waals surface area contributed by atoms with E-state index in [1.807, 2.05) is 35.8 Å². The smallest absolute Gasteiger partial charge is 0.305 e. The molecule has 0 unspecified atom stereocenters. The quantitative estimate of drug-likeness (QED) is 0.145. The van der Waals surface area contributed by atoms with Crippen LogP contribution in [-0.4, -0.2) is 27.2 Å². The molecular weight excluding hydrogens is 518 g/mol. The van der Waals surface area contributed by atoms with Gasteiger partial charge in [0.25, 0.3) is 0 Å². The van der Waals surface area contributed by atoms with E-state index >= 15 is 0 Å². The average molecular weight is 550 g/mol. The lowest BCUT2D eigenvalue weighted by molar-refractivity contribution is -0.143. The van der Waals surface area contributed by atoms with Crippen LogP contribution in [0.3, 0.4) is 0 Å². The number of unbranched alkanes of at least 4 members (excludes halogenated alkanes) is 1. The summed E-state index contributed by atoms with van der Waals surface area (Å²) >= 11 is 3.59. The highest BCUT2D eigenvalue weighted by Gasteiger charge is 2.19. The third-order valence-electron chi connectivity index (χ3n) is 6.13. The van der Waals surface area contributed by atoms with Crippen LogP contribution in [0.15, 0.2) is 65.4 Å². The van der Waals surface area contributed by atoms with Crippen molar-refractivity contribution in [1.82, 2.24) is 14.6 Å². The third kappa shape index (κ3) is 6.39. The number of pyridine rings is 1. The van der Waals surface area contributed by atoms with Crippen molar-refractivity contribution in [2.24, 2.45) is 0 Å². The maximum Gasteiger partial charge on any atom is 0.305 e. The zero-order valence-corrected chi connectivity index (χ0v) is 22.5. The van der Waals surface area contributed by atoms with Gasteiger partial charge in [0.2, 0.25) is 0 Å². The van der Waals surface area contributed by atoms with Crippen LogP contribution < -0.4 is 0 Å². The second-order valence-electron chi connectivity index (χ2n) is 8.66. The molecule has 188 valence electrons. The zero-order valence-electron chi connectivity index (χ0n) is 20.9. The van der Waals surface area contributed by atoms with Crippen LogP contribution in [0.5, 0.6) is 0 Å². The summed E-state index contributed by atoms with van der Waals surface area (Å²) in [4.78, 5) is 16.3. The van der Waals surface area contributed by atoms with Gasteiger partial charge in [-0.1, -0.05) is 37.3 Å². The van der Waals surface area contributed by atoms with Gasteiger partial charge in [-0.25, -0.2) is 4.52 Å². The highest BCUT2D eigenvalue weighted by atomic mass is 79.9. The molecule has 0 spiro atoms. The Morgan fingerprint density at radius 1 is 1.03 bits per heavy atom. The standard InChI is InChI=1S/C29H32BrN3O3/c1-3-24-14-15-27-29(22-16-23(30)18-31-17-22)25(12-8-9-13-28(34)36-4-2)26(32-33(24)27)20-35-19-21-10-6-5-7-11-21/h5-7,10-11,14-18H,3-4,8-9,12-13,19-20H2,1-2H3. The lowest BCUT2D eigenvalue weighted by Crippen LogP contribution is -2.11. The molecule has 0 radical (unpaired) electrons. The Kier molecular flexibility index (Phi) is 9.25. The molecule has 6 nitrogen and oxygen atoms in total. The SMILES string of the molecule is CCOC(=O)CCCCc1c(COCc2ccccc2)nn2c(CC)ccc2c1-c1cncc(Br)c1. The minimum Gasteiger partial charge on any atom is -0.466 e. The Bertz CT molecular complexity index is 1300. The molecule has 0 N–H and O–H groups in total. The van der Waals surface area contributed by atoms with Crippen molar-refractivity contribution in [2.45, 2.75) is 59.2 Å². The molecule has 1 aromatic carbocycles. The Morgan fingerprint density at radius 2 is 1.86 bits per heavy atom. The topological polar surface area (TPSA) is 65.7 Å². The lowest BCUT2D eigenvalue weighted by atomic mass is 9.95. The summed E-state index contributed by atoms with van der Waals surface area (Å²) in [6, 6.07) is 16.5. The largest absolute Gasteiger partial charge is 0.466 e. The molecule has 7 heteroatoms. The summed E-state index contributed by atoms with van der Waals surface area (Å²) in [6.07, 6.45) is 7.36. The number of aryl methyl sites for hydroxylation is 1. The van der Waals surface area contributed by atoms with Crippen LogP contribution >= 0.6 is 15.9 Å². The van der Waals surface area contributed by atoms with Crippen molar-refractivity contribution in [3.63, 3.8) is 0 Å². The van der Waals surface area contributed by atoms with E-state index in [1.54, 1.807) is 6.20 Å². The van der Waals surface area contributed by atoms with Crippen LogP contribution in [-0.2, 0) is 40.3 Å². The first kappa shape index (κ1) is 26.0. The van der Waals surface area contributed by atoms with Gasteiger partial charge in [0.15, 0.2) is 0 Å². The van der Waals surface area contributed by atoms with Crippen molar-refractivity contribution < 1.29 is 14.3 Å². The summed E-state index contributed by atoms with van der Waals surface area (Å²) in [5, 5.41) is 5.06. The van der Waals surface area contributed by atoms with Gasteiger partial charge in [-0.15, -0.1) is 0 Å². The van der Waals surface area contributed by atoms with E-state index in [9.17, 15) is 4.79 Å². The number of ether oxygens (including phenoxy) is 2. The van der Waals surface area contributed by atoms with Gasteiger partial charge < -0.3 is 9.47 Å². The Labute approximate surface area is 220 Å². The Balaban J connectivity index is 1.71. The molecule has 36 heavy (non-hydrogen) atoms. The van der Waals surface area contributed by atoms with E-state index < -0.39 is 0 Å². The molecule has 0 aliphatic rings. The molecule has 0 bridgehead atoms. The molecule has 4 rings (SSSR count). The number of esters is 1. The lowest BCUT2D eigenvalue weighted by Gasteiger charge is -2.18. The summed E-state index contributed by atoms with van der Waals surface area (Å²) in [5.74, 6) is -0.145. The molecule has 3 heterocycles. The van der Waals surface area contributed by atoms with Gasteiger partial charge in [0, 0.05) is 40.1 Å². The summed E-state index contributed by atoms with van der Waals surface area (Å²) < 4.78 is 14.2. The molecule has 0 atom stereocenters. The van der Waals surface area contributed by atoms with E-state index in [0.29, 0.717) is 26.2 Å². The van der Waals surface area contributed by atoms with Crippen molar-refractivity contribution in [3.8, 4) is 11.1 Å². The maximum absolute atomic E-state index is 11.9. The Morgan fingerprint density at radius 3 is 2.61 bits per heavy atom. The van der Waals surface area contributed by atoms with Gasteiger partial charge in [0.1, 0.15) is 0 Å². The van der Waals surface area contributed by atoms with Crippen molar-refractivity contribution in [3.05, 3.63) is 87.9 Å². The first-order valence-corrected chi connectivity index (χ1v) is 13.3. The number of rotatable bonds is 12. The summed E-state index contributed by atoms with van der Waals surface area (Å²) in [6.45, 7) is 5.30. The molecule has 3 aromatic heterocycles. The number of carbonyl (C=O) groups is 1. The molecule has 0 saturated carbocycles. The number of hydrogen-bond donors (Lipinski definition) is 0. The van der Waals surface area contributed by atoms with Crippen LogP contribution in [0, 0.1) is 0 Å². The Hall–Kier alpha value is -3.03. The molecule has 0 aliphatic carbocycles. The van der Waals surface area contributed by atoms with Gasteiger partial charge in [-0.05, 0) is 77.9 Å². The molecule has 0 amide bonds. The van der Waals surface area contributed by atoms with Gasteiger partial charge in [-0.3, -0.25) is 9.78 Å². The first-order chi connectivity index (χ1) is 17.6. The number of nitrogens with zero attached hydrogens (tertiary/aromatic N) is 3. The molecule has 0 aliphatic heterocycles. The van der Waals surface area contributed by atoms with E-state index in [2.05, 4.69) is 58.2 Å². The van der Waals surface area contributed by atoms with E-state index in [1.165, 1.54) is 0 Å². The third-order valence-corrected chi connectivity index (χ3v) is 6.56. The van der Waals surface area contributed by atoms with Crippen molar-refractivity contribution >= 4 is 27.4 Å². The predicted molar refractivity (Wildman–Crippen MR) is 145 cm³/mol. The monoisotopic (exact) mass is 549 g/mol. The van der Waals surface area contributed by atoms with Crippen LogP contribution in [0.1, 0.15) is 55.6 Å². The fourth-order valence-electron chi connectivity index (χ4n) is 4.43. The number of fused-ring (bicyclic) bond motifs is 1. The van der Waals surface area contributed by atoms with Crippen LogP contribution in [0.2, 0.25) is 0 Å². The van der Waals surface area contributed by atoms with Crippen molar-refractivity contribution in [1.29, 1.82) is 0 Å². The minimum atomic E-state index is -0.145. The highest BCUT2D eigenvalue weighted by Crippen LogP contribution is 2.34. The van der Waals surface area contributed by atoms with Gasteiger partial charge in [-0.2, -0.15) is 5.10 Å². The summed E-state index contributed by atoms with van der Waals surface area (Å²) in [5.41, 5.74) is 7.53. The van der Waals surface area contributed by atoms with Crippen LogP contribution in [0.25, 0.3) is 16.6 Å². The fourth-order valence-corrected chi connectivity index (χ4v) is 4.79. The molecule has 0 saturated heterocycles. The van der Waals surface area contributed by atoms with Gasteiger partial charge in [0.05, 0.1) is 31.0 Å². The number of aromatic nitrogens is 3. The normalized spacial score (nSPS) is 11.2. The second-order valence-corrected chi connectivity index (χ2v) is 9.57. The van der Waals surface area contributed by atoms with E-state index in [4.69, 9.17) is 14.6 Å². The minimum absolute atomic E-state index is 0.145. The predicted octanol–water partition coefficient (Wildman–Crippen LogP) is 6.71. The molecule has 4 aromatic rings. The highest BCUT2D eigenvalue weighted by molar-refractivity contribution is 9.10. The second kappa shape index (κ2) is 12.8. The number of halogens is 1. The summed E-state index contributed by atoms with van der Waals surface area (Å²) in [7, 11) is 0. The van der Waals surface area contributed by atoms with Crippen LogP contribution in [0.4, 0.5) is 0 Å². The van der Waals surface area contributed by atoms with E-state index in [-0.39, 0.29) is 5.97 Å². The zero-order chi connectivity index (χ0) is 25.3. The van der Waals surface area contributed by atoms with Crippen molar-refractivity contribution in [2.75, 3.05) is 6.61 Å². The number of benzene rings is 1. The number of carbonyl (C=O) groups excluding carboxylic acids is 1. The number of hydrogen-bond acceptors (Lipinski definition) is 5. The van der Waals surface area contributed by atoms with E-state index in [0.717, 1.165) is 69.3 Å². The molecular formula is C29H32BrN3O3. The fraction of sp³-hybridized carbons (Fsp3) is 0.345. The first-order valence-electron chi connectivity index (χ1n) is 12.5. The van der Waals surface area contributed by atoms with Gasteiger partial charge >= 0.3 is 5.97 Å². The average Bonchev–Trinajstić information content (AvgIpc) is 3.29. The maximum atomic E-state index is 11.9.